The molecular formula is C11H18IN5OS. The highest BCUT2D eigenvalue weighted by Gasteiger charge is 2.13. The summed E-state index contributed by atoms with van der Waals surface area (Å²) in [5, 5.41) is 5.19. The average Bonchev–Trinajstić information content (AvgIpc) is 2.62. The third-order valence-electron chi connectivity index (χ3n) is 2.57. The Bertz CT molecular complexity index is 580. The van der Waals surface area contributed by atoms with Crippen LogP contribution in [0.4, 0.5) is 5.82 Å². The molecule has 2 N–H and O–H groups in total. The number of anilines is 1. The Morgan fingerprint density at radius 1 is 1.37 bits per heavy atom. The molecule has 0 aliphatic heterocycles. The highest BCUT2D eigenvalue weighted by Crippen LogP contribution is 2.33. The third kappa shape index (κ3) is 3.69. The Morgan fingerprint density at radius 2 is 2.11 bits per heavy atom. The highest BCUT2D eigenvalue weighted by atomic mass is 127. The second-order valence-electron chi connectivity index (χ2n) is 5.08. The molecule has 106 valence electrons. The van der Waals surface area contributed by atoms with E-state index in [0.717, 1.165) is 27.1 Å². The fraction of sp³-hybridized carbons (Fsp3) is 0.545. The monoisotopic (exact) mass is 395 g/mol. The summed E-state index contributed by atoms with van der Waals surface area (Å²) in [5.74, 6) is 1.54. The van der Waals surface area contributed by atoms with Crippen molar-refractivity contribution in [3.05, 3.63) is 10.0 Å². The van der Waals surface area contributed by atoms with Gasteiger partial charge in [0.2, 0.25) is 0 Å². The zero-order valence-electron chi connectivity index (χ0n) is 11.3. The molecule has 2 aromatic heterocycles. The van der Waals surface area contributed by atoms with Gasteiger partial charge in [0.15, 0.2) is 5.65 Å². The summed E-state index contributed by atoms with van der Waals surface area (Å²) in [7, 11) is -0.524. The molecule has 6 nitrogen and oxygen atoms in total. The van der Waals surface area contributed by atoms with Gasteiger partial charge in [0.25, 0.3) is 0 Å². The molecule has 8 heteroatoms. The lowest BCUT2D eigenvalue weighted by Gasteiger charge is -2.24. The van der Waals surface area contributed by atoms with E-state index in [1.165, 1.54) is 6.33 Å². The molecule has 0 saturated carbocycles. The first-order valence-electron chi connectivity index (χ1n) is 5.75. The quantitative estimate of drug-likeness (QED) is 0.616. The molecular weight excluding hydrogens is 377 g/mol. The molecule has 0 fully saturated rings. The van der Waals surface area contributed by atoms with Gasteiger partial charge in [-0.25, -0.2) is 24.7 Å². The summed E-state index contributed by atoms with van der Waals surface area (Å²) in [6, 6.07) is 0. The van der Waals surface area contributed by atoms with E-state index in [2.05, 4.69) is 56.4 Å². The van der Waals surface area contributed by atoms with E-state index in [1.54, 1.807) is 4.68 Å². The van der Waals surface area contributed by atoms with Gasteiger partial charge in [-0.3, -0.25) is 0 Å². The Labute approximate surface area is 127 Å². The van der Waals surface area contributed by atoms with Crippen LogP contribution in [0, 0.1) is 3.70 Å². The minimum Gasteiger partial charge on any atom is -0.383 e. The van der Waals surface area contributed by atoms with Gasteiger partial charge in [0.05, 0.1) is 12.0 Å². The van der Waals surface area contributed by atoms with Gasteiger partial charge in [-0.2, -0.15) is 5.10 Å². The molecule has 0 bridgehead atoms. The van der Waals surface area contributed by atoms with E-state index in [0.29, 0.717) is 12.5 Å². The van der Waals surface area contributed by atoms with Crippen LogP contribution in [-0.4, -0.2) is 50.9 Å². The lowest BCUT2D eigenvalue weighted by atomic mass is 10.4. The Balaban J connectivity index is 2.08. The summed E-state index contributed by atoms with van der Waals surface area (Å²) < 4.78 is 8.20. The fourth-order valence-corrected chi connectivity index (χ4v) is 2.93. The van der Waals surface area contributed by atoms with Crippen molar-refractivity contribution in [3.8, 4) is 0 Å². The Hall–Kier alpha value is -0.610. The normalized spacial score (nSPS) is 13.1. The van der Waals surface area contributed by atoms with Crippen molar-refractivity contribution >= 4 is 49.5 Å². The SMILES string of the molecule is CS(C)(C)CCOCn1nc(I)c2c(N)ncnc21. The summed E-state index contributed by atoms with van der Waals surface area (Å²) in [5.41, 5.74) is 6.56. The highest BCUT2D eigenvalue weighted by molar-refractivity contribution is 14.1. The van der Waals surface area contributed by atoms with Gasteiger partial charge in [-0.05, 0) is 41.4 Å². The minimum absolute atomic E-state index is 0.394. The first-order valence-corrected chi connectivity index (χ1v) is 9.85. The maximum absolute atomic E-state index is 5.84. The van der Waals surface area contributed by atoms with Crippen molar-refractivity contribution in [3.63, 3.8) is 0 Å². The van der Waals surface area contributed by atoms with E-state index in [-0.39, 0.29) is 0 Å². The number of nitrogen functional groups attached to an aromatic ring is 1. The van der Waals surface area contributed by atoms with Gasteiger partial charge < -0.3 is 10.5 Å². The van der Waals surface area contributed by atoms with Crippen LogP contribution in [-0.2, 0) is 11.5 Å². The Kier molecular flexibility index (Phi) is 4.51. The second kappa shape index (κ2) is 5.80. The van der Waals surface area contributed by atoms with Gasteiger partial charge in [0, 0.05) is 5.75 Å². The van der Waals surface area contributed by atoms with Crippen LogP contribution in [0.25, 0.3) is 11.0 Å². The number of fused-ring (bicyclic) bond motifs is 1. The number of aromatic nitrogens is 4. The smallest absolute Gasteiger partial charge is 0.166 e. The first-order chi connectivity index (χ1) is 8.88. The lowest BCUT2D eigenvalue weighted by molar-refractivity contribution is 0.0834. The molecule has 19 heavy (non-hydrogen) atoms. The number of nitrogens with two attached hydrogens (primary N) is 1. The molecule has 0 spiro atoms. The first kappa shape index (κ1) is 14.8. The summed E-state index contributed by atoms with van der Waals surface area (Å²) in [6.45, 7) is 1.13. The largest absolute Gasteiger partial charge is 0.383 e. The predicted octanol–water partition coefficient (Wildman–Crippen LogP) is 1.68. The van der Waals surface area contributed by atoms with E-state index in [9.17, 15) is 0 Å². The molecule has 0 unspecified atom stereocenters. The van der Waals surface area contributed by atoms with Crippen molar-refractivity contribution in [2.45, 2.75) is 6.73 Å². The molecule has 0 amide bonds. The van der Waals surface area contributed by atoms with Crippen LogP contribution in [0.3, 0.4) is 0 Å². The third-order valence-corrected chi connectivity index (χ3v) is 4.72. The summed E-state index contributed by atoms with van der Waals surface area (Å²) in [6.07, 6.45) is 8.27. The molecule has 2 heterocycles. The van der Waals surface area contributed by atoms with E-state index in [4.69, 9.17) is 10.5 Å². The van der Waals surface area contributed by atoms with Crippen LogP contribution in [0.1, 0.15) is 0 Å². The molecule has 2 aromatic rings. The van der Waals surface area contributed by atoms with E-state index in [1.807, 2.05) is 0 Å². The summed E-state index contributed by atoms with van der Waals surface area (Å²) in [4.78, 5) is 8.20. The fourth-order valence-electron chi connectivity index (χ4n) is 1.54. The molecule has 0 atom stereocenters. The molecule has 2 rings (SSSR count). The molecule has 0 radical (unpaired) electrons. The maximum Gasteiger partial charge on any atom is 0.166 e. The van der Waals surface area contributed by atoms with Crippen molar-refractivity contribution < 1.29 is 4.74 Å². The second-order valence-corrected chi connectivity index (χ2v) is 10.7. The Morgan fingerprint density at radius 3 is 2.79 bits per heavy atom. The number of nitrogens with zero attached hydrogens (tertiary/aromatic N) is 4. The van der Waals surface area contributed by atoms with Crippen LogP contribution >= 0.6 is 32.6 Å². The molecule has 0 saturated heterocycles. The molecule has 0 aliphatic rings. The van der Waals surface area contributed by atoms with Gasteiger partial charge in [0.1, 0.15) is 22.6 Å². The minimum atomic E-state index is -0.524. The van der Waals surface area contributed by atoms with Crippen LogP contribution in [0.5, 0.6) is 0 Å². The van der Waals surface area contributed by atoms with Gasteiger partial charge in [-0.15, -0.1) is 0 Å². The van der Waals surface area contributed by atoms with Crippen LogP contribution in [0.15, 0.2) is 6.33 Å². The van der Waals surface area contributed by atoms with Crippen molar-refractivity contribution in [2.75, 3.05) is 36.9 Å². The van der Waals surface area contributed by atoms with Gasteiger partial charge in [-0.1, -0.05) is 0 Å². The number of ether oxygens (including phenoxy) is 1. The number of rotatable bonds is 5. The molecule has 0 aromatic carbocycles. The zero-order valence-corrected chi connectivity index (χ0v) is 14.2. The number of hydrogen-bond donors (Lipinski definition) is 1. The van der Waals surface area contributed by atoms with Crippen molar-refractivity contribution in [1.82, 2.24) is 19.7 Å². The average molecular weight is 395 g/mol. The van der Waals surface area contributed by atoms with Crippen molar-refractivity contribution in [2.24, 2.45) is 0 Å². The number of hydrogen-bond acceptors (Lipinski definition) is 5. The van der Waals surface area contributed by atoms with Crippen molar-refractivity contribution in [1.29, 1.82) is 0 Å². The maximum atomic E-state index is 5.84. The summed E-state index contributed by atoms with van der Waals surface area (Å²) >= 11 is 2.14. The lowest BCUT2D eigenvalue weighted by Crippen LogP contribution is -2.11. The zero-order chi connectivity index (χ0) is 14.0. The number of halogens is 1. The van der Waals surface area contributed by atoms with E-state index >= 15 is 0 Å². The standard InChI is InChI=1S/C11H18IN5OS/c1-19(2,3)5-4-18-7-17-11-8(9(12)16-17)10(13)14-6-15-11/h6H,4-5,7H2,1-3H3,(H2,13,14,15). The topological polar surface area (TPSA) is 78.9 Å². The van der Waals surface area contributed by atoms with Crippen LogP contribution < -0.4 is 5.73 Å². The predicted molar refractivity (Wildman–Crippen MR) is 88.6 cm³/mol. The van der Waals surface area contributed by atoms with E-state index < -0.39 is 10.0 Å². The van der Waals surface area contributed by atoms with Gasteiger partial charge >= 0.3 is 0 Å². The molecule has 0 aliphatic carbocycles. The van der Waals surface area contributed by atoms with Crippen LogP contribution in [0.2, 0.25) is 0 Å².